The van der Waals surface area contributed by atoms with Crippen molar-refractivity contribution in [2.75, 3.05) is 51.1 Å². The molecule has 0 radical (unpaired) electrons. The molecule has 2 aliphatic heterocycles. The Hall–Kier alpha value is -3.56. The zero-order chi connectivity index (χ0) is 35.6. The fourth-order valence-electron chi connectivity index (χ4n) is 7.36. The number of nitrogens with zero attached hydrogens (tertiary/aromatic N) is 3. The highest BCUT2D eigenvalue weighted by Gasteiger charge is 2.53. The normalized spacial score (nSPS) is 22.4. The third-order valence-corrected chi connectivity index (χ3v) is 10.2. The van der Waals surface area contributed by atoms with E-state index in [0.29, 0.717) is 49.7 Å². The first-order valence-electron chi connectivity index (χ1n) is 16.8. The van der Waals surface area contributed by atoms with E-state index in [1.807, 2.05) is 4.90 Å². The third-order valence-electron chi connectivity index (χ3n) is 9.92. The molecule has 270 valence electrons. The van der Waals surface area contributed by atoms with Gasteiger partial charge < -0.3 is 19.6 Å². The number of carbonyl (C=O) groups is 3. The molecule has 0 bridgehead atoms. The number of aliphatic carboxylic acids is 1. The molecule has 2 aromatic carbocycles. The number of carboxylic acids is 1. The maximum Gasteiger partial charge on any atom is 0.401 e. The van der Waals surface area contributed by atoms with Gasteiger partial charge in [0, 0.05) is 51.1 Å². The number of hydrogen-bond acceptors (Lipinski definition) is 8. The van der Waals surface area contributed by atoms with Gasteiger partial charge in [0.25, 0.3) is 5.91 Å². The number of halogens is 5. The molecule has 1 aromatic heterocycles. The van der Waals surface area contributed by atoms with Gasteiger partial charge in [0.1, 0.15) is 17.7 Å². The molecule has 1 aliphatic carbocycles. The van der Waals surface area contributed by atoms with Gasteiger partial charge in [0.15, 0.2) is 5.78 Å². The zero-order valence-corrected chi connectivity index (χ0v) is 28.1. The highest BCUT2D eigenvalue weighted by Crippen LogP contribution is 2.37. The Morgan fingerprint density at radius 1 is 0.960 bits per heavy atom. The molecule has 2 N–H and O–H groups in total. The number of piperazine rings is 1. The van der Waals surface area contributed by atoms with Crippen LogP contribution in [0.1, 0.15) is 54.4 Å². The van der Waals surface area contributed by atoms with E-state index in [4.69, 9.17) is 20.8 Å². The summed E-state index contributed by atoms with van der Waals surface area (Å²) in [7, 11) is 0. The highest BCUT2D eigenvalue weighted by atomic mass is 35.5. The summed E-state index contributed by atoms with van der Waals surface area (Å²) < 4.78 is 67.7. The number of likely N-dealkylation sites (tertiary alicyclic amines) is 1. The van der Waals surface area contributed by atoms with Crippen LogP contribution in [0.15, 0.2) is 47.1 Å². The molecule has 3 fully saturated rings. The molecule has 3 aromatic rings. The Kier molecular flexibility index (Phi) is 10.8. The van der Waals surface area contributed by atoms with Crippen LogP contribution in [0.4, 0.5) is 23.2 Å². The fourth-order valence-corrected chi connectivity index (χ4v) is 7.59. The number of benzene rings is 2. The minimum Gasteiger partial charge on any atom is -0.481 e. The first-order valence-corrected chi connectivity index (χ1v) is 17.2. The van der Waals surface area contributed by atoms with Gasteiger partial charge in [-0.25, -0.2) is 4.39 Å². The number of furan rings is 1. The summed E-state index contributed by atoms with van der Waals surface area (Å²) in [6.07, 6.45) is -1.01. The lowest BCUT2D eigenvalue weighted by Crippen LogP contribution is -2.71. The van der Waals surface area contributed by atoms with Crippen LogP contribution < -0.4 is 5.32 Å². The Labute approximate surface area is 291 Å². The van der Waals surface area contributed by atoms with E-state index in [0.717, 1.165) is 18.9 Å². The number of fused-ring (bicyclic) bond motifs is 1. The highest BCUT2D eigenvalue weighted by molar-refractivity contribution is 6.34. The molecule has 0 spiro atoms. The molecule has 2 saturated heterocycles. The number of amides is 1. The minimum atomic E-state index is -4.38. The molecule has 15 heteroatoms. The summed E-state index contributed by atoms with van der Waals surface area (Å²) in [6, 6.07) is 9.27. The van der Waals surface area contributed by atoms with Crippen LogP contribution in [0.3, 0.4) is 0 Å². The molecule has 3 aliphatic rings. The predicted molar refractivity (Wildman–Crippen MR) is 176 cm³/mol. The molecule has 1 amide bonds. The van der Waals surface area contributed by atoms with E-state index < -0.39 is 60.5 Å². The number of hydrogen-bond donors (Lipinski definition) is 2. The van der Waals surface area contributed by atoms with Crippen LogP contribution in [0.5, 0.6) is 0 Å². The average Bonchev–Trinajstić information content (AvgIpc) is 3.77. The Balaban J connectivity index is 1.27. The average molecular weight is 723 g/mol. The summed E-state index contributed by atoms with van der Waals surface area (Å²) in [4.78, 5) is 44.3. The quantitative estimate of drug-likeness (QED) is 0.224. The van der Waals surface area contributed by atoms with E-state index in [2.05, 4.69) is 5.32 Å². The maximum absolute atomic E-state index is 15.8. The van der Waals surface area contributed by atoms with Crippen molar-refractivity contribution in [3.8, 4) is 0 Å². The first-order chi connectivity index (χ1) is 23.8. The van der Waals surface area contributed by atoms with Crippen molar-refractivity contribution in [3.63, 3.8) is 0 Å². The van der Waals surface area contributed by atoms with Gasteiger partial charge >= 0.3 is 12.1 Å². The lowest BCUT2D eigenvalue weighted by Gasteiger charge is -2.52. The van der Waals surface area contributed by atoms with Crippen LogP contribution in [0, 0.1) is 11.7 Å². The number of ketones is 1. The number of anilines is 1. The van der Waals surface area contributed by atoms with Crippen molar-refractivity contribution in [2.24, 2.45) is 5.92 Å². The Morgan fingerprint density at radius 3 is 2.28 bits per heavy atom. The molecule has 6 rings (SSSR count). The zero-order valence-electron chi connectivity index (χ0n) is 27.3. The number of nitrogens with one attached hydrogen (secondary N) is 1. The standard InChI is InChI=1S/C35H39ClF4N4O6/c36-27-17-23(28(37)19-29(27)41-32(46)26-20-49-30-6-2-1-5-25(26)30)18-31(45)35(43-11-3-4-12-43,50-24-9-7-22(8-10-24)33(47)48)44-15-13-42(14-16-44)21-34(38,39)40/h1-2,5-6,17,19-20,22,24H,3-4,7-16,18,21H2,(H,41,46)(H,47,48)/t22-,24-,35?. The van der Waals surface area contributed by atoms with Crippen molar-refractivity contribution in [2.45, 2.75) is 63.1 Å². The van der Waals surface area contributed by atoms with Gasteiger partial charge in [0.05, 0.1) is 34.8 Å². The fraction of sp³-hybridized carbons (Fsp3) is 0.514. The molecular formula is C35H39ClF4N4O6. The van der Waals surface area contributed by atoms with Gasteiger partial charge in [-0.1, -0.05) is 29.8 Å². The summed E-state index contributed by atoms with van der Waals surface area (Å²) in [6.45, 7) is 0.163. The monoisotopic (exact) mass is 722 g/mol. The number of Topliss-reactive ketones (excluding diaryl/α,β-unsaturated/α-hetero) is 1. The molecular weight excluding hydrogens is 684 g/mol. The SMILES string of the molecule is O=C(Nc1cc(F)c(CC(=O)C(O[C@H]2CC[C@H](C(=O)O)CC2)(N2CCCC2)N2CCN(CC(F)(F)F)CC2)cc1Cl)c1coc2ccccc12. The third kappa shape index (κ3) is 7.84. The first kappa shape index (κ1) is 36.2. The van der Waals surface area contributed by atoms with Crippen LogP contribution in [-0.4, -0.2) is 101 Å². The van der Waals surface area contributed by atoms with Gasteiger partial charge in [-0.05, 0) is 62.3 Å². The van der Waals surface area contributed by atoms with Crippen LogP contribution >= 0.6 is 11.6 Å². The van der Waals surface area contributed by atoms with Crippen molar-refractivity contribution in [1.82, 2.24) is 14.7 Å². The second-order valence-corrected chi connectivity index (χ2v) is 13.6. The van der Waals surface area contributed by atoms with E-state index >= 15 is 4.39 Å². The van der Waals surface area contributed by atoms with Crippen LogP contribution in [-0.2, 0) is 20.7 Å². The largest absolute Gasteiger partial charge is 0.481 e. The molecule has 1 unspecified atom stereocenters. The van der Waals surface area contributed by atoms with Crippen molar-refractivity contribution < 1.29 is 46.2 Å². The van der Waals surface area contributed by atoms with Crippen molar-refractivity contribution in [1.29, 1.82) is 0 Å². The second kappa shape index (κ2) is 15.0. The Morgan fingerprint density at radius 2 is 1.62 bits per heavy atom. The topological polar surface area (TPSA) is 116 Å². The molecule has 10 nitrogen and oxygen atoms in total. The van der Waals surface area contributed by atoms with Crippen LogP contribution in [0.2, 0.25) is 5.02 Å². The number of para-hydroxylation sites is 1. The predicted octanol–water partition coefficient (Wildman–Crippen LogP) is 6.18. The van der Waals surface area contributed by atoms with Crippen LogP contribution in [0.25, 0.3) is 11.0 Å². The lowest BCUT2D eigenvalue weighted by molar-refractivity contribution is -0.262. The number of carbonyl (C=O) groups excluding carboxylic acids is 2. The number of ether oxygens (including phenoxy) is 1. The van der Waals surface area contributed by atoms with E-state index in [1.165, 1.54) is 17.2 Å². The smallest absolute Gasteiger partial charge is 0.401 e. The number of rotatable bonds is 11. The van der Waals surface area contributed by atoms with E-state index in [1.54, 1.807) is 29.2 Å². The molecule has 50 heavy (non-hydrogen) atoms. The molecule has 3 heterocycles. The summed E-state index contributed by atoms with van der Waals surface area (Å²) in [5.74, 6) is -4.99. The maximum atomic E-state index is 15.8. The summed E-state index contributed by atoms with van der Waals surface area (Å²) in [5, 5.41) is 12.7. The Bertz CT molecular complexity index is 1710. The van der Waals surface area contributed by atoms with Crippen molar-refractivity contribution >= 4 is 45.9 Å². The lowest BCUT2D eigenvalue weighted by atomic mass is 9.87. The summed E-state index contributed by atoms with van der Waals surface area (Å²) in [5.41, 5.74) is 0.693. The minimum absolute atomic E-state index is 0.00389. The van der Waals surface area contributed by atoms with E-state index in [-0.39, 0.29) is 48.0 Å². The van der Waals surface area contributed by atoms with Crippen molar-refractivity contribution in [3.05, 3.63) is 64.6 Å². The van der Waals surface area contributed by atoms with Gasteiger partial charge in [0.2, 0.25) is 5.85 Å². The molecule has 1 saturated carbocycles. The number of carboxylic acid groups (broad SMARTS) is 1. The second-order valence-electron chi connectivity index (χ2n) is 13.2. The summed E-state index contributed by atoms with van der Waals surface area (Å²) >= 11 is 6.55. The van der Waals surface area contributed by atoms with E-state index in [9.17, 15) is 32.7 Å². The number of alkyl halides is 3. The van der Waals surface area contributed by atoms with Gasteiger partial charge in [-0.15, -0.1) is 0 Å². The van der Waals surface area contributed by atoms with Gasteiger partial charge in [-0.2, -0.15) is 13.2 Å². The van der Waals surface area contributed by atoms with Gasteiger partial charge in [-0.3, -0.25) is 29.1 Å². The molecule has 1 atom stereocenters.